The van der Waals surface area contributed by atoms with Gasteiger partial charge in [-0.25, -0.2) is 0 Å². The first-order valence-electron chi connectivity index (χ1n) is 7.69. The average Bonchev–Trinajstić information content (AvgIpc) is 2.49. The number of primary amides is 2. The summed E-state index contributed by atoms with van der Waals surface area (Å²) in [7, 11) is 0. The SMILES string of the molecule is CC(O)(CC[C@H](C[C@@H](O)[CH]Cc1cccc(Cl)c1)C(N)=O)C(N)=O. The summed E-state index contributed by atoms with van der Waals surface area (Å²) in [5.74, 6) is -2.12. The van der Waals surface area contributed by atoms with Crippen molar-refractivity contribution in [2.24, 2.45) is 17.4 Å². The monoisotopic (exact) mass is 355 g/mol. The fourth-order valence-electron chi connectivity index (χ4n) is 2.28. The van der Waals surface area contributed by atoms with Crippen LogP contribution in [0, 0.1) is 12.3 Å². The number of carbonyl (C=O) groups is 2. The summed E-state index contributed by atoms with van der Waals surface area (Å²) < 4.78 is 0. The van der Waals surface area contributed by atoms with Gasteiger partial charge in [0.25, 0.3) is 0 Å². The highest BCUT2D eigenvalue weighted by atomic mass is 35.5. The molecule has 0 aliphatic carbocycles. The third-order valence-corrected chi connectivity index (χ3v) is 4.19. The molecule has 7 heteroatoms. The average molecular weight is 356 g/mol. The van der Waals surface area contributed by atoms with Crippen molar-refractivity contribution < 1.29 is 19.8 Å². The molecule has 24 heavy (non-hydrogen) atoms. The van der Waals surface area contributed by atoms with Gasteiger partial charge in [0, 0.05) is 10.9 Å². The molecule has 0 spiro atoms. The minimum atomic E-state index is -1.71. The Bertz CT molecular complexity index is 577. The highest BCUT2D eigenvalue weighted by Crippen LogP contribution is 2.21. The van der Waals surface area contributed by atoms with Gasteiger partial charge in [0.1, 0.15) is 5.60 Å². The summed E-state index contributed by atoms with van der Waals surface area (Å²) in [4.78, 5) is 22.6. The van der Waals surface area contributed by atoms with E-state index in [4.69, 9.17) is 23.1 Å². The standard InChI is InChI=1S/C17H24ClN2O4/c1-17(24,16(20)23)8-7-12(15(19)22)10-14(21)6-5-11-3-2-4-13(18)9-11/h2-4,6,9,12,14,21,24H,5,7-8,10H2,1H3,(H2,19,22)(H2,20,23)/t12-,14+,17?/m1/s1. The number of halogens is 1. The van der Waals surface area contributed by atoms with E-state index in [1.807, 2.05) is 12.1 Å². The van der Waals surface area contributed by atoms with Crippen molar-refractivity contribution in [3.8, 4) is 0 Å². The predicted octanol–water partition coefficient (Wildman–Crippen LogP) is 0.956. The van der Waals surface area contributed by atoms with Crippen LogP contribution in [0.3, 0.4) is 0 Å². The molecule has 6 nitrogen and oxygen atoms in total. The molecule has 0 heterocycles. The Morgan fingerprint density at radius 2 is 2.04 bits per heavy atom. The first kappa shape index (κ1) is 20.4. The maximum Gasteiger partial charge on any atom is 0.249 e. The number of benzene rings is 1. The molecule has 0 aliphatic rings. The van der Waals surface area contributed by atoms with E-state index in [9.17, 15) is 19.8 Å². The minimum absolute atomic E-state index is 0.00302. The van der Waals surface area contributed by atoms with Crippen molar-refractivity contribution in [1.82, 2.24) is 0 Å². The summed E-state index contributed by atoms with van der Waals surface area (Å²) in [5, 5.41) is 20.5. The maximum absolute atomic E-state index is 11.5. The topological polar surface area (TPSA) is 127 Å². The number of hydrogen-bond donors (Lipinski definition) is 4. The quantitative estimate of drug-likeness (QED) is 0.498. The summed E-state index contributed by atoms with van der Waals surface area (Å²) in [5.41, 5.74) is 9.66. The van der Waals surface area contributed by atoms with Crippen molar-refractivity contribution in [1.29, 1.82) is 0 Å². The van der Waals surface area contributed by atoms with Gasteiger partial charge in [-0.3, -0.25) is 9.59 Å². The van der Waals surface area contributed by atoms with Crippen molar-refractivity contribution in [3.05, 3.63) is 41.3 Å². The predicted molar refractivity (Wildman–Crippen MR) is 91.8 cm³/mol. The molecule has 1 aromatic carbocycles. The van der Waals surface area contributed by atoms with Gasteiger partial charge in [0.2, 0.25) is 11.8 Å². The van der Waals surface area contributed by atoms with Gasteiger partial charge >= 0.3 is 0 Å². The second-order valence-corrected chi connectivity index (χ2v) is 6.59. The van der Waals surface area contributed by atoms with E-state index in [1.165, 1.54) is 6.92 Å². The highest BCUT2D eigenvalue weighted by Gasteiger charge is 2.30. The van der Waals surface area contributed by atoms with Crippen molar-refractivity contribution in [2.45, 2.75) is 44.3 Å². The maximum atomic E-state index is 11.5. The van der Waals surface area contributed by atoms with Crippen LogP contribution in [0.4, 0.5) is 0 Å². The zero-order chi connectivity index (χ0) is 18.3. The van der Waals surface area contributed by atoms with E-state index >= 15 is 0 Å². The molecular formula is C17H24ClN2O4. The number of rotatable bonds is 10. The molecule has 0 saturated heterocycles. The van der Waals surface area contributed by atoms with Crippen LogP contribution in [0.1, 0.15) is 31.7 Å². The number of nitrogens with two attached hydrogens (primary N) is 2. The summed E-state index contributed by atoms with van der Waals surface area (Å²) in [6.45, 7) is 1.29. The molecule has 1 unspecified atom stereocenters. The lowest BCUT2D eigenvalue weighted by Crippen LogP contribution is -2.42. The van der Waals surface area contributed by atoms with E-state index in [1.54, 1.807) is 18.6 Å². The molecule has 0 bridgehead atoms. The molecule has 0 saturated carbocycles. The molecule has 0 aromatic heterocycles. The third-order valence-electron chi connectivity index (χ3n) is 3.95. The van der Waals surface area contributed by atoms with Crippen molar-refractivity contribution >= 4 is 23.4 Å². The van der Waals surface area contributed by atoms with E-state index in [0.717, 1.165) is 5.56 Å². The molecule has 1 aromatic rings. The highest BCUT2D eigenvalue weighted by molar-refractivity contribution is 6.30. The second kappa shape index (κ2) is 9.01. The van der Waals surface area contributed by atoms with Gasteiger partial charge in [-0.05, 0) is 56.7 Å². The van der Waals surface area contributed by atoms with Crippen LogP contribution in [0.15, 0.2) is 24.3 Å². The normalized spacial score (nSPS) is 16.2. The first-order chi connectivity index (χ1) is 11.1. The second-order valence-electron chi connectivity index (χ2n) is 6.15. The molecule has 133 valence electrons. The van der Waals surface area contributed by atoms with E-state index < -0.39 is 29.4 Å². The molecule has 3 atom stereocenters. The van der Waals surface area contributed by atoms with Gasteiger partial charge in [0.05, 0.1) is 6.10 Å². The molecule has 6 N–H and O–H groups in total. The van der Waals surface area contributed by atoms with Gasteiger partial charge in [-0.2, -0.15) is 0 Å². The Morgan fingerprint density at radius 1 is 1.38 bits per heavy atom. The lowest BCUT2D eigenvalue weighted by atomic mass is 9.88. The van der Waals surface area contributed by atoms with Crippen LogP contribution in [-0.2, 0) is 16.0 Å². The molecule has 0 aliphatic heterocycles. The number of aliphatic hydroxyl groups is 2. The van der Waals surface area contributed by atoms with E-state index in [-0.39, 0.29) is 19.3 Å². The lowest BCUT2D eigenvalue weighted by molar-refractivity contribution is -0.136. The third kappa shape index (κ3) is 6.86. The number of aliphatic hydroxyl groups excluding tert-OH is 1. The largest absolute Gasteiger partial charge is 0.393 e. The number of hydrogen-bond acceptors (Lipinski definition) is 4. The Balaban J connectivity index is 2.52. The van der Waals surface area contributed by atoms with Crippen LogP contribution >= 0.6 is 11.6 Å². The van der Waals surface area contributed by atoms with Gasteiger partial charge in [-0.1, -0.05) is 23.7 Å². The van der Waals surface area contributed by atoms with E-state index in [0.29, 0.717) is 11.4 Å². The van der Waals surface area contributed by atoms with Gasteiger partial charge in [0.15, 0.2) is 0 Å². The van der Waals surface area contributed by atoms with Gasteiger partial charge in [-0.15, -0.1) is 0 Å². The smallest absolute Gasteiger partial charge is 0.249 e. The number of amides is 2. The number of carbonyl (C=O) groups excluding carboxylic acids is 2. The zero-order valence-electron chi connectivity index (χ0n) is 13.6. The molecular weight excluding hydrogens is 332 g/mol. The zero-order valence-corrected chi connectivity index (χ0v) is 14.4. The van der Waals surface area contributed by atoms with Crippen LogP contribution < -0.4 is 11.5 Å². The van der Waals surface area contributed by atoms with Crippen LogP contribution in [0.2, 0.25) is 5.02 Å². The van der Waals surface area contributed by atoms with E-state index in [2.05, 4.69) is 0 Å². The minimum Gasteiger partial charge on any atom is -0.393 e. The Kier molecular flexibility index (Phi) is 7.66. The summed E-state index contributed by atoms with van der Waals surface area (Å²) in [6.07, 6.45) is 1.58. The summed E-state index contributed by atoms with van der Waals surface area (Å²) >= 11 is 5.90. The van der Waals surface area contributed by atoms with Crippen molar-refractivity contribution in [2.75, 3.05) is 0 Å². The molecule has 2 amide bonds. The Labute approximate surface area is 146 Å². The summed E-state index contributed by atoms with van der Waals surface area (Å²) in [6, 6.07) is 7.25. The molecule has 0 fully saturated rings. The lowest BCUT2D eigenvalue weighted by Gasteiger charge is -2.23. The van der Waals surface area contributed by atoms with Crippen LogP contribution in [0.25, 0.3) is 0 Å². The Morgan fingerprint density at radius 3 is 2.58 bits per heavy atom. The van der Waals surface area contributed by atoms with Gasteiger partial charge < -0.3 is 21.7 Å². The van der Waals surface area contributed by atoms with Crippen LogP contribution in [-0.4, -0.2) is 33.7 Å². The van der Waals surface area contributed by atoms with Crippen LogP contribution in [0.5, 0.6) is 0 Å². The fourth-order valence-corrected chi connectivity index (χ4v) is 2.49. The molecule has 1 rings (SSSR count). The molecule has 1 radical (unpaired) electrons. The fraction of sp³-hybridized carbons (Fsp3) is 0.471. The Hall–Kier alpha value is -1.63. The first-order valence-corrected chi connectivity index (χ1v) is 8.07. The van der Waals surface area contributed by atoms with Crippen molar-refractivity contribution in [3.63, 3.8) is 0 Å².